The minimum atomic E-state index is -0.0494. The molecule has 3 atom stereocenters. The van der Waals surface area contributed by atoms with E-state index in [4.69, 9.17) is 4.74 Å². The molecule has 1 heterocycles. The van der Waals surface area contributed by atoms with Gasteiger partial charge in [-0.05, 0) is 37.0 Å². The second-order valence-electron chi connectivity index (χ2n) is 5.96. The van der Waals surface area contributed by atoms with E-state index in [2.05, 4.69) is 26.1 Å². The van der Waals surface area contributed by atoms with Gasteiger partial charge >= 0.3 is 0 Å². The van der Waals surface area contributed by atoms with E-state index in [0.29, 0.717) is 12.5 Å². The summed E-state index contributed by atoms with van der Waals surface area (Å²) < 4.78 is 5.29. The fraction of sp³-hybridized carbons (Fsp3) is 0.588. The Hall–Kier alpha value is -1.55. The Labute approximate surface area is 127 Å². The summed E-state index contributed by atoms with van der Waals surface area (Å²) in [7, 11) is 1.66. The molecule has 3 unspecified atom stereocenters. The first kappa shape index (κ1) is 15.8. The van der Waals surface area contributed by atoms with Crippen molar-refractivity contribution < 1.29 is 9.53 Å². The molecule has 1 aromatic rings. The molecule has 0 saturated carbocycles. The van der Waals surface area contributed by atoms with E-state index in [-0.39, 0.29) is 18.1 Å². The number of nitrogens with zero attached hydrogens (tertiary/aromatic N) is 1. The molecule has 21 heavy (non-hydrogen) atoms. The normalized spacial score (nSPS) is 21.4. The molecule has 4 nitrogen and oxygen atoms in total. The first-order chi connectivity index (χ1) is 10.1. The van der Waals surface area contributed by atoms with Gasteiger partial charge in [0.05, 0.1) is 13.7 Å². The Morgan fingerprint density at radius 1 is 1.43 bits per heavy atom. The molecule has 0 aromatic heterocycles. The van der Waals surface area contributed by atoms with E-state index in [1.165, 1.54) is 0 Å². The molecule has 1 aliphatic heterocycles. The molecule has 1 aromatic carbocycles. The third kappa shape index (κ3) is 3.56. The van der Waals surface area contributed by atoms with Crippen molar-refractivity contribution in [1.82, 2.24) is 10.2 Å². The topological polar surface area (TPSA) is 41.6 Å². The van der Waals surface area contributed by atoms with E-state index in [9.17, 15) is 4.79 Å². The van der Waals surface area contributed by atoms with Crippen LogP contribution in [0.25, 0.3) is 0 Å². The van der Waals surface area contributed by atoms with E-state index in [1.807, 2.05) is 29.2 Å². The van der Waals surface area contributed by atoms with Gasteiger partial charge in [0.1, 0.15) is 11.9 Å². The first-order valence-electron chi connectivity index (χ1n) is 7.75. The lowest BCUT2D eigenvalue weighted by molar-refractivity contribution is -0.130. The van der Waals surface area contributed by atoms with Crippen LogP contribution in [0.3, 0.4) is 0 Å². The lowest BCUT2D eigenvalue weighted by Crippen LogP contribution is -2.38. The third-order valence-electron chi connectivity index (χ3n) is 4.34. The van der Waals surface area contributed by atoms with Crippen LogP contribution in [0.15, 0.2) is 24.3 Å². The van der Waals surface area contributed by atoms with E-state index in [0.717, 1.165) is 24.2 Å². The number of methoxy groups -OCH3 is 1. The fourth-order valence-corrected chi connectivity index (χ4v) is 2.97. The SMILES string of the molecule is CCC(C)CC(C)N1C(=O)CNC1c1cccc(OC)c1. The van der Waals surface area contributed by atoms with Gasteiger partial charge < -0.3 is 9.64 Å². The zero-order valence-corrected chi connectivity index (χ0v) is 13.4. The summed E-state index contributed by atoms with van der Waals surface area (Å²) in [5, 5.41) is 3.32. The maximum absolute atomic E-state index is 12.3. The molecular formula is C17H26N2O2. The number of benzene rings is 1. The Bertz CT molecular complexity index is 489. The maximum Gasteiger partial charge on any atom is 0.238 e. The highest BCUT2D eigenvalue weighted by Gasteiger charge is 2.35. The Morgan fingerprint density at radius 3 is 2.86 bits per heavy atom. The van der Waals surface area contributed by atoms with Crippen LogP contribution in [0, 0.1) is 5.92 Å². The van der Waals surface area contributed by atoms with Crippen molar-refractivity contribution in [2.45, 2.75) is 45.8 Å². The van der Waals surface area contributed by atoms with Crippen LogP contribution >= 0.6 is 0 Å². The average Bonchev–Trinajstić information content (AvgIpc) is 2.89. The molecule has 1 aliphatic rings. The summed E-state index contributed by atoms with van der Waals surface area (Å²) >= 11 is 0. The second-order valence-corrected chi connectivity index (χ2v) is 5.96. The summed E-state index contributed by atoms with van der Waals surface area (Å²) in [6.07, 6.45) is 2.13. The number of rotatable bonds is 6. The number of ether oxygens (including phenoxy) is 1. The van der Waals surface area contributed by atoms with Gasteiger partial charge in [-0.15, -0.1) is 0 Å². The highest BCUT2D eigenvalue weighted by atomic mass is 16.5. The Balaban J connectivity index is 2.19. The summed E-state index contributed by atoms with van der Waals surface area (Å²) in [5.41, 5.74) is 1.08. The average molecular weight is 290 g/mol. The summed E-state index contributed by atoms with van der Waals surface area (Å²) in [6.45, 7) is 6.99. The minimum absolute atomic E-state index is 0.0494. The maximum atomic E-state index is 12.3. The van der Waals surface area contributed by atoms with Gasteiger partial charge in [-0.2, -0.15) is 0 Å². The molecule has 116 valence electrons. The molecule has 1 amide bonds. The molecular weight excluding hydrogens is 264 g/mol. The van der Waals surface area contributed by atoms with Crippen LogP contribution in [-0.2, 0) is 4.79 Å². The van der Waals surface area contributed by atoms with Crippen molar-refractivity contribution in [2.75, 3.05) is 13.7 Å². The van der Waals surface area contributed by atoms with Crippen LogP contribution in [0.2, 0.25) is 0 Å². The van der Waals surface area contributed by atoms with Crippen LogP contribution in [0.1, 0.15) is 45.3 Å². The first-order valence-corrected chi connectivity index (χ1v) is 7.75. The minimum Gasteiger partial charge on any atom is -0.497 e. The van der Waals surface area contributed by atoms with Crippen LogP contribution in [0.5, 0.6) is 5.75 Å². The number of hydrogen-bond acceptors (Lipinski definition) is 3. The third-order valence-corrected chi connectivity index (χ3v) is 4.34. The van der Waals surface area contributed by atoms with E-state index in [1.54, 1.807) is 7.11 Å². The largest absolute Gasteiger partial charge is 0.497 e. The van der Waals surface area contributed by atoms with Crippen molar-refractivity contribution in [1.29, 1.82) is 0 Å². The van der Waals surface area contributed by atoms with Gasteiger partial charge in [-0.3, -0.25) is 10.1 Å². The summed E-state index contributed by atoms with van der Waals surface area (Å²) in [5.74, 6) is 1.63. The monoisotopic (exact) mass is 290 g/mol. The summed E-state index contributed by atoms with van der Waals surface area (Å²) in [6, 6.07) is 8.17. The van der Waals surface area contributed by atoms with Gasteiger partial charge in [0.15, 0.2) is 0 Å². The molecule has 0 aliphatic carbocycles. The quantitative estimate of drug-likeness (QED) is 0.876. The lowest BCUT2D eigenvalue weighted by atomic mass is 9.98. The van der Waals surface area contributed by atoms with Crippen LogP contribution < -0.4 is 10.1 Å². The van der Waals surface area contributed by atoms with Crippen molar-refractivity contribution in [2.24, 2.45) is 5.92 Å². The number of amides is 1. The lowest BCUT2D eigenvalue weighted by Gasteiger charge is -2.32. The van der Waals surface area contributed by atoms with E-state index < -0.39 is 0 Å². The number of nitrogens with one attached hydrogen (secondary N) is 1. The smallest absolute Gasteiger partial charge is 0.238 e. The Morgan fingerprint density at radius 2 is 2.19 bits per heavy atom. The van der Waals surface area contributed by atoms with Crippen LogP contribution in [0.4, 0.5) is 0 Å². The molecule has 2 rings (SSSR count). The van der Waals surface area contributed by atoms with Crippen molar-refractivity contribution in [3.05, 3.63) is 29.8 Å². The zero-order chi connectivity index (χ0) is 15.4. The molecule has 4 heteroatoms. The molecule has 1 saturated heterocycles. The summed E-state index contributed by atoms with van der Waals surface area (Å²) in [4.78, 5) is 14.2. The van der Waals surface area contributed by atoms with Crippen LogP contribution in [-0.4, -0.2) is 30.5 Å². The molecule has 0 radical (unpaired) electrons. The second kappa shape index (κ2) is 6.94. The Kier molecular flexibility index (Phi) is 5.23. The van der Waals surface area contributed by atoms with Gasteiger partial charge in [0, 0.05) is 6.04 Å². The fourth-order valence-electron chi connectivity index (χ4n) is 2.97. The van der Waals surface area contributed by atoms with Crippen molar-refractivity contribution in [3.63, 3.8) is 0 Å². The van der Waals surface area contributed by atoms with Gasteiger partial charge in [-0.1, -0.05) is 32.4 Å². The van der Waals surface area contributed by atoms with Crippen molar-refractivity contribution >= 4 is 5.91 Å². The number of carbonyl (C=O) groups excluding carboxylic acids is 1. The zero-order valence-electron chi connectivity index (χ0n) is 13.4. The molecule has 0 spiro atoms. The highest BCUT2D eigenvalue weighted by molar-refractivity contribution is 5.81. The number of carbonyl (C=O) groups is 1. The molecule has 0 bridgehead atoms. The molecule has 1 fully saturated rings. The highest BCUT2D eigenvalue weighted by Crippen LogP contribution is 2.29. The number of hydrogen-bond donors (Lipinski definition) is 1. The van der Waals surface area contributed by atoms with Gasteiger partial charge in [0.2, 0.25) is 5.91 Å². The van der Waals surface area contributed by atoms with Gasteiger partial charge in [0.25, 0.3) is 0 Å². The predicted octanol–water partition coefficient (Wildman–Crippen LogP) is 2.95. The van der Waals surface area contributed by atoms with Crippen molar-refractivity contribution in [3.8, 4) is 5.75 Å². The predicted molar refractivity (Wildman–Crippen MR) is 84.1 cm³/mol. The van der Waals surface area contributed by atoms with E-state index >= 15 is 0 Å². The molecule has 1 N–H and O–H groups in total. The van der Waals surface area contributed by atoms with Gasteiger partial charge in [-0.25, -0.2) is 0 Å². The standard InChI is InChI=1S/C17H26N2O2/c1-5-12(2)9-13(3)19-16(20)11-18-17(19)14-7-6-8-15(10-14)21-4/h6-8,10,12-13,17-18H,5,9,11H2,1-4H3.